The van der Waals surface area contributed by atoms with Crippen molar-refractivity contribution in [3.63, 3.8) is 0 Å². The van der Waals surface area contributed by atoms with Crippen LogP contribution >= 0.6 is 0 Å². The molecule has 0 bridgehead atoms. The summed E-state index contributed by atoms with van der Waals surface area (Å²) in [4.78, 5) is 12.0. The minimum absolute atomic E-state index is 0.0452. The van der Waals surface area contributed by atoms with E-state index in [0.717, 1.165) is 0 Å². The fraction of sp³-hybridized carbons (Fsp3) is 0.400. The summed E-state index contributed by atoms with van der Waals surface area (Å²) in [5.74, 6) is -0.584. The second-order valence-electron chi connectivity index (χ2n) is 4.57. The van der Waals surface area contributed by atoms with E-state index in [1.807, 2.05) is 0 Å². The molecule has 2 N–H and O–H groups in total. The molecule has 23 heavy (non-hydrogen) atoms. The molecule has 0 unspecified atom stereocenters. The van der Waals surface area contributed by atoms with E-state index in [9.17, 15) is 13.2 Å². The van der Waals surface area contributed by atoms with E-state index in [4.69, 9.17) is 9.47 Å². The molecule has 1 aromatic rings. The van der Waals surface area contributed by atoms with Crippen LogP contribution in [-0.2, 0) is 19.5 Å². The molecule has 0 saturated carbocycles. The third-order valence-electron chi connectivity index (χ3n) is 2.77. The molecule has 0 aromatic heterocycles. The van der Waals surface area contributed by atoms with E-state index in [1.165, 1.54) is 13.2 Å². The first-order valence-corrected chi connectivity index (χ1v) is 8.70. The minimum atomic E-state index is -3.61. The third kappa shape index (κ3) is 7.27. The predicted octanol–water partition coefficient (Wildman–Crippen LogP) is 1.01. The van der Waals surface area contributed by atoms with Crippen LogP contribution in [0.2, 0.25) is 0 Å². The van der Waals surface area contributed by atoms with Gasteiger partial charge in [-0.05, 0) is 12.1 Å². The van der Waals surface area contributed by atoms with Crippen molar-refractivity contribution in [3.8, 4) is 0 Å². The zero-order chi connectivity index (χ0) is 17.1. The van der Waals surface area contributed by atoms with Crippen LogP contribution in [0.15, 0.2) is 36.9 Å². The van der Waals surface area contributed by atoms with Crippen molar-refractivity contribution in [1.29, 1.82) is 0 Å². The van der Waals surface area contributed by atoms with E-state index in [1.54, 1.807) is 24.3 Å². The zero-order valence-corrected chi connectivity index (χ0v) is 13.9. The highest BCUT2D eigenvalue weighted by atomic mass is 32.2. The molecule has 0 aliphatic heterocycles. The van der Waals surface area contributed by atoms with Crippen molar-refractivity contribution in [2.45, 2.75) is 0 Å². The molecule has 0 aliphatic rings. The van der Waals surface area contributed by atoms with Gasteiger partial charge in [0.15, 0.2) is 0 Å². The number of rotatable bonds is 11. The minimum Gasteiger partial charge on any atom is -0.382 e. The summed E-state index contributed by atoms with van der Waals surface area (Å²) in [6, 6.07) is 6.39. The number of benzene rings is 1. The molecule has 0 spiro atoms. The Bertz CT molecular complexity index is 616. The normalized spacial score (nSPS) is 11.0. The van der Waals surface area contributed by atoms with Crippen molar-refractivity contribution in [2.24, 2.45) is 0 Å². The number of amides is 1. The molecular formula is C15H22N2O5S. The van der Waals surface area contributed by atoms with Gasteiger partial charge in [-0.1, -0.05) is 18.2 Å². The van der Waals surface area contributed by atoms with Crippen LogP contribution < -0.4 is 10.0 Å². The van der Waals surface area contributed by atoms with Crippen LogP contribution in [0, 0.1) is 0 Å². The van der Waals surface area contributed by atoms with Gasteiger partial charge in [0.2, 0.25) is 10.0 Å². The lowest BCUT2D eigenvalue weighted by atomic mass is 10.1. The Labute approximate surface area is 136 Å². The Morgan fingerprint density at radius 3 is 2.70 bits per heavy atom. The first kappa shape index (κ1) is 19.1. The Hall–Kier alpha value is -1.90. The fourth-order valence-electron chi connectivity index (χ4n) is 1.66. The molecular weight excluding hydrogens is 320 g/mol. The maximum Gasteiger partial charge on any atom is 0.253 e. The van der Waals surface area contributed by atoms with Crippen LogP contribution in [0.5, 0.6) is 0 Å². The van der Waals surface area contributed by atoms with Crippen LogP contribution in [0.25, 0.3) is 0 Å². The van der Waals surface area contributed by atoms with Gasteiger partial charge in [-0.3, -0.25) is 9.52 Å². The summed E-state index contributed by atoms with van der Waals surface area (Å²) in [7, 11) is -2.08. The molecule has 0 atom stereocenters. The highest BCUT2D eigenvalue weighted by Crippen LogP contribution is 2.16. The van der Waals surface area contributed by atoms with Crippen molar-refractivity contribution in [1.82, 2.24) is 5.32 Å². The highest BCUT2D eigenvalue weighted by molar-refractivity contribution is 7.92. The van der Waals surface area contributed by atoms with Crippen molar-refractivity contribution in [2.75, 3.05) is 44.0 Å². The Morgan fingerprint density at radius 1 is 1.26 bits per heavy atom. The number of sulfonamides is 1. The molecule has 0 radical (unpaired) electrons. The first-order valence-electron chi connectivity index (χ1n) is 7.05. The molecule has 7 nitrogen and oxygen atoms in total. The van der Waals surface area contributed by atoms with E-state index < -0.39 is 10.0 Å². The number of hydrogen-bond acceptors (Lipinski definition) is 5. The SMILES string of the molecule is C=CCNC(=O)c1ccccc1NS(=O)(=O)CCOCCOC. The largest absolute Gasteiger partial charge is 0.382 e. The van der Waals surface area contributed by atoms with Gasteiger partial charge in [-0.25, -0.2) is 8.42 Å². The number of methoxy groups -OCH3 is 1. The quantitative estimate of drug-likeness (QED) is 0.462. The summed E-state index contributed by atoms with van der Waals surface area (Å²) in [6.07, 6.45) is 1.54. The van der Waals surface area contributed by atoms with Crippen LogP contribution in [0.3, 0.4) is 0 Å². The molecule has 0 aliphatic carbocycles. The molecule has 128 valence electrons. The van der Waals surface area contributed by atoms with E-state index in [2.05, 4.69) is 16.6 Å². The smallest absolute Gasteiger partial charge is 0.253 e. The number of hydrogen-bond donors (Lipinski definition) is 2. The van der Waals surface area contributed by atoms with Gasteiger partial charge >= 0.3 is 0 Å². The van der Waals surface area contributed by atoms with Gasteiger partial charge in [-0.2, -0.15) is 0 Å². The number of anilines is 1. The summed E-state index contributed by atoms with van der Waals surface area (Å²) >= 11 is 0. The summed E-state index contributed by atoms with van der Waals surface area (Å²) in [6.45, 7) is 4.59. The van der Waals surface area contributed by atoms with E-state index >= 15 is 0 Å². The maximum atomic E-state index is 12.1. The van der Waals surface area contributed by atoms with Crippen molar-refractivity contribution >= 4 is 21.6 Å². The number of para-hydroxylation sites is 1. The maximum absolute atomic E-state index is 12.1. The second kappa shape index (κ2) is 9.98. The standard InChI is InChI=1S/C15H22N2O5S/c1-3-8-16-15(18)13-6-4-5-7-14(13)17-23(19,20)12-11-22-10-9-21-2/h3-7,17H,1,8-12H2,2H3,(H,16,18). The third-order valence-corrected chi connectivity index (χ3v) is 4.01. The summed E-state index contributed by atoms with van der Waals surface area (Å²) < 4.78 is 36.5. The van der Waals surface area contributed by atoms with Crippen molar-refractivity contribution in [3.05, 3.63) is 42.5 Å². The number of carbonyl (C=O) groups excluding carboxylic acids is 1. The molecule has 0 heterocycles. The topological polar surface area (TPSA) is 93.7 Å². The van der Waals surface area contributed by atoms with Gasteiger partial charge in [-0.15, -0.1) is 6.58 Å². The first-order chi connectivity index (χ1) is 11.0. The molecule has 0 fully saturated rings. The molecule has 1 amide bonds. The summed E-state index contributed by atoms with van der Waals surface area (Å²) in [5.41, 5.74) is 0.476. The average molecular weight is 342 g/mol. The molecule has 1 aromatic carbocycles. The van der Waals surface area contributed by atoms with Crippen LogP contribution in [-0.4, -0.2) is 53.6 Å². The van der Waals surface area contributed by atoms with Gasteiger partial charge in [0, 0.05) is 13.7 Å². The predicted molar refractivity (Wildman–Crippen MR) is 89.1 cm³/mol. The fourth-order valence-corrected chi connectivity index (χ4v) is 2.61. The molecule has 1 rings (SSSR count). The lowest BCUT2D eigenvalue weighted by Crippen LogP contribution is -2.26. The van der Waals surface area contributed by atoms with Gasteiger partial charge in [0.05, 0.1) is 36.8 Å². The zero-order valence-electron chi connectivity index (χ0n) is 13.1. The van der Waals surface area contributed by atoms with Crippen LogP contribution in [0.1, 0.15) is 10.4 Å². The molecule has 0 saturated heterocycles. The van der Waals surface area contributed by atoms with Gasteiger partial charge in [0.1, 0.15) is 0 Å². The monoisotopic (exact) mass is 342 g/mol. The van der Waals surface area contributed by atoms with Gasteiger partial charge < -0.3 is 14.8 Å². The summed E-state index contributed by atoms with van der Waals surface area (Å²) in [5, 5.41) is 2.61. The number of nitrogens with one attached hydrogen (secondary N) is 2. The lowest BCUT2D eigenvalue weighted by Gasteiger charge is -2.12. The van der Waals surface area contributed by atoms with E-state index in [-0.39, 0.29) is 29.5 Å². The Balaban J connectivity index is 2.68. The van der Waals surface area contributed by atoms with Crippen LogP contribution in [0.4, 0.5) is 5.69 Å². The van der Waals surface area contributed by atoms with Crippen molar-refractivity contribution < 1.29 is 22.7 Å². The second-order valence-corrected chi connectivity index (χ2v) is 6.41. The Morgan fingerprint density at radius 2 is 2.00 bits per heavy atom. The highest BCUT2D eigenvalue weighted by Gasteiger charge is 2.16. The average Bonchev–Trinajstić information content (AvgIpc) is 2.52. The Kier molecular flexibility index (Phi) is 8.31. The van der Waals surface area contributed by atoms with E-state index in [0.29, 0.717) is 19.8 Å². The number of carbonyl (C=O) groups is 1. The lowest BCUT2D eigenvalue weighted by molar-refractivity contribution is 0.0785. The molecule has 8 heteroatoms. The van der Waals surface area contributed by atoms with Gasteiger partial charge in [0.25, 0.3) is 5.91 Å². The number of ether oxygens (including phenoxy) is 2.